The summed E-state index contributed by atoms with van der Waals surface area (Å²) >= 11 is 0. The molecule has 0 saturated carbocycles. The van der Waals surface area contributed by atoms with Crippen LogP contribution in [0.2, 0.25) is 0 Å². The molecule has 2 rings (SSSR count). The van der Waals surface area contributed by atoms with Gasteiger partial charge in [-0.2, -0.15) is 0 Å². The zero-order valence-corrected chi connectivity index (χ0v) is 13.9. The number of nitrogens with one attached hydrogen (secondary N) is 2. The lowest BCUT2D eigenvalue weighted by molar-refractivity contribution is 1.24. The van der Waals surface area contributed by atoms with Crippen LogP contribution in [0, 0.1) is 20.8 Å². The van der Waals surface area contributed by atoms with Crippen LogP contribution in [0.15, 0.2) is 37.6 Å². The van der Waals surface area contributed by atoms with Gasteiger partial charge in [0, 0.05) is 22.6 Å². The smallest absolute Gasteiger partial charge is 0.0456 e. The van der Waals surface area contributed by atoms with E-state index in [-0.39, 0.29) is 0 Å². The zero-order chi connectivity index (χ0) is 16.3. The van der Waals surface area contributed by atoms with Crippen molar-refractivity contribution in [2.24, 2.45) is 0 Å². The average Bonchev–Trinajstić information content (AvgIpc) is 2.75. The lowest BCUT2D eigenvalue weighted by atomic mass is 10.0. The Morgan fingerprint density at radius 1 is 1.18 bits per heavy atom. The molecule has 114 valence electrons. The molecule has 0 bridgehead atoms. The monoisotopic (exact) mass is 292 g/mol. The van der Waals surface area contributed by atoms with Crippen LogP contribution < -0.4 is 5.32 Å². The summed E-state index contributed by atoms with van der Waals surface area (Å²) < 4.78 is 0. The van der Waals surface area contributed by atoms with Gasteiger partial charge in [-0.1, -0.05) is 30.9 Å². The van der Waals surface area contributed by atoms with Crippen LogP contribution in [0.1, 0.15) is 40.6 Å². The number of H-pyrrole nitrogens is 1. The molecular weight excluding hydrogens is 268 g/mol. The predicted molar refractivity (Wildman–Crippen MR) is 98.9 cm³/mol. The zero-order valence-electron chi connectivity index (χ0n) is 13.9. The van der Waals surface area contributed by atoms with E-state index in [0.29, 0.717) is 0 Å². The van der Waals surface area contributed by atoms with E-state index in [1.54, 1.807) is 6.20 Å². The number of hydrogen-bond acceptors (Lipinski definition) is 1. The molecule has 0 aliphatic carbocycles. The highest BCUT2D eigenvalue weighted by molar-refractivity contribution is 5.87. The van der Waals surface area contributed by atoms with Gasteiger partial charge in [0.2, 0.25) is 0 Å². The molecule has 2 heteroatoms. The standard InChI is InChI=1S/C20H24N2/c1-7-17-15(5)20(22-16(17)6)12-14(4)18-11-13(3)9-10-19(18)21-8-2/h7-12,21-22H,1-2H2,3-6H3/b14-12+. The molecule has 0 unspecified atom stereocenters. The third-order valence-corrected chi connectivity index (χ3v) is 3.96. The highest BCUT2D eigenvalue weighted by Gasteiger charge is 2.09. The van der Waals surface area contributed by atoms with Crippen LogP contribution in [-0.4, -0.2) is 4.98 Å². The lowest BCUT2D eigenvalue weighted by Gasteiger charge is -2.11. The van der Waals surface area contributed by atoms with E-state index in [1.165, 1.54) is 27.8 Å². The largest absolute Gasteiger partial charge is 0.362 e. The number of rotatable bonds is 5. The first-order valence-corrected chi connectivity index (χ1v) is 7.46. The third kappa shape index (κ3) is 3.06. The Balaban J connectivity index is 2.51. The van der Waals surface area contributed by atoms with Gasteiger partial charge in [-0.05, 0) is 68.8 Å². The van der Waals surface area contributed by atoms with Crippen LogP contribution in [0.4, 0.5) is 5.69 Å². The Kier molecular flexibility index (Phi) is 4.71. The van der Waals surface area contributed by atoms with Crippen molar-refractivity contribution in [3.8, 4) is 0 Å². The van der Waals surface area contributed by atoms with Crippen LogP contribution in [0.3, 0.4) is 0 Å². The fourth-order valence-electron chi connectivity index (χ4n) is 2.75. The maximum Gasteiger partial charge on any atom is 0.0456 e. The van der Waals surface area contributed by atoms with E-state index in [2.05, 4.69) is 75.4 Å². The first-order chi connectivity index (χ1) is 10.5. The Morgan fingerprint density at radius 2 is 1.91 bits per heavy atom. The minimum atomic E-state index is 1.07. The average molecular weight is 292 g/mol. The Labute approximate surface area is 133 Å². The fourth-order valence-corrected chi connectivity index (χ4v) is 2.75. The number of aryl methyl sites for hydroxylation is 2. The van der Waals surface area contributed by atoms with E-state index in [0.717, 1.165) is 17.1 Å². The molecule has 2 aromatic rings. The van der Waals surface area contributed by atoms with Gasteiger partial charge in [0.05, 0.1) is 0 Å². The van der Waals surface area contributed by atoms with Crippen LogP contribution in [-0.2, 0) is 0 Å². The number of aromatic amines is 1. The van der Waals surface area contributed by atoms with Crippen LogP contribution in [0.25, 0.3) is 17.7 Å². The Morgan fingerprint density at radius 3 is 2.50 bits per heavy atom. The number of benzene rings is 1. The minimum absolute atomic E-state index is 1.07. The second-order valence-corrected chi connectivity index (χ2v) is 5.63. The molecule has 0 saturated heterocycles. The maximum absolute atomic E-state index is 3.89. The van der Waals surface area contributed by atoms with Crippen molar-refractivity contribution in [1.29, 1.82) is 0 Å². The molecule has 1 aromatic heterocycles. The topological polar surface area (TPSA) is 27.8 Å². The van der Waals surface area contributed by atoms with Gasteiger partial charge in [-0.15, -0.1) is 0 Å². The summed E-state index contributed by atoms with van der Waals surface area (Å²) in [4.78, 5) is 3.44. The van der Waals surface area contributed by atoms with E-state index >= 15 is 0 Å². The number of hydrogen-bond donors (Lipinski definition) is 2. The molecule has 1 heterocycles. The highest BCUT2D eigenvalue weighted by Crippen LogP contribution is 2.28. The molecule has 1 aromatic carbocycles. The first kappa shape index (κ1) is 15.9. The summed E-state index contributed by atoms with van der Waals surface area (Å²) in [5, 5.41) is 3.21. The Hall–Kier alpha value is -2.48. The molecule has 0 spiro atoms. The molecule has 0 aliphatic rings. The quantitative estimate of drug-likeness (QED) is 0.727. The van der Waals surface area contributed by atoms with Gasteiger partial charge in [0.15, 0.2) is 0 Å². The number of aromatic nitrogens is 1. The summed E-state index contributed by atoms with van der Waals surface area (Å²) in [6, 6.07) is 6.38. The second kappa shape index (κ2) is 6.52. The maximum atomic E-state index is 3.89. The summed E-state index contributed by atoms with van der Waals surface area (Å²) in [6.45, 7) is 16.1. The van der Waals surface area contributed by atoms with E-state index < -0.39 is 0 Å². The van der Waals surface area contributed by atoms with Gasteiger partial charge in [-0.25, -0.2) is 0 Å². The molecule has 0 fully saturated rings. The SMILES string of the molecule is C=CNc1ccc(C)cc1/C(C)=C/c1[nH]c(C)c(C=C)c1C. The number of allylic oxidation sites excluding steroid dienone is 1. The van der Waals surface area contributed by atoms with Crippen molar-refractivity contribution in [1.82, 2.24) is 4.98 Å². The van der Waals surface area contributed by atoms with Crippen molar-refractivity contribution in [3.63, 3.8) is 0 Å². The molecular formula is C20H24N2. The summed E-state index contributed by atoms with van der Waals surface area (Å²) in [5.41, 5.74) is 9.41. The van der Waals surface area contributed by atoms with Crippen molar-refractivity contribution in [2.75, 3.05) is 5.32 Å². The van der Waals surface area contributed by atoms with E-state index in [1.807, 2.05) is 6.08 Å². The Bertz CT molecular complexity index is 745. The molecule has 0 amide bonds. The first-order valence-electron chi connectivity index (χ1n) is 7.46. The van der Waals surface area contributed by atoms with Crippen molar-refractivity contribution < 1.29 is 0 Å². The van der Waals surface area contributed by atoms with Crippen LogP contribution in [0.5, 0.6) is 0 Å². The molecule has 22 heavy (non-hydrogen) atoms. The lowest BCUT2D eigenvalue weighted by Crippen LogP contribution is -1.93. The third-order valence-electron chi connectivity index (χ3n) is 3.96. The molecule has 2 nitrogen and oxygen atoms in total. The molecule has 0 aliphatic heterocycles. The molecule has 0 atom stereocenters. The van der Waals surface area contributed by atoms with Gasteiger partial charge >= 0.3 is 0 Å². The normalized spacial score (nSPS) is 11.4. The predicted octanol–water partition coefficient (Wildman–Crippen LogP) is 5.70. The summed E-state index contributed by atoms with van der Waals surface area (Å²) in [5.74, 6) is 0. The highest BCUT2D eigenvalue weighted by atomic mass is 14.8. The van der Waals surface area contributed by atoms with Gasteiger partial charge in [0.25, 0.3) is 0 Å². The summed E-state index contributed by atoms with van der Waals surface area (Å²) in [6.07, 6.45) is 5.81. The van der Waals surface area contributed by atoms with E-state index in [9.17, 15) is 0 Å². The van der Waals surface area contributed by atoms with Gasteiger partial charge < -0.3 is 10.3 Å². The van der Waals surface area contributed by atoms with Crippen LogP contribution >= 0.6 is 0 Å². The summed E-state index contributed by atoms with van der Waals surface area (Å²) in [7, 11) is 0. The van der Waals surface area contributed by atoms with Gasteiger partial charge in [0.1, 0.15) is 0 Å². The fraction of sp³-hybridized carbons (Fsp3) is 0.200. The second-order valence-electron chi connectivity index (χ2n) is 5.63. The van der Waals surface area contributed by atoms with E-state index in [4.69, 9.17) is 0 Å². The minimum Gasteiger partial charge on any atom is -0.362 e. The van der Waals surface area contributed by atoms with Gasteiger partial charge in [-0.3, -0.25) is 0 Å². The van der Waals surface area contributed by atoms with Crippen molar-refractivity contribution in [3.05, 3.63) is 71.2 Å². The molecule has 0 radical (unpaired) electrons. The molecule has 2 N–H and O–H groups in total. The van der Waals surface area contributed by atoms with Crippen molar-refractivity contribution in [2.45, 2.75) is 27.7 Å². The van der Waals surface area contributed by atoms with Crippen molar-refractivity contribution >= 4 is 23.4 Å². The number of anilines is 1.